The molecule has 4 rings (SSSR count). The highest BCUT2D eigenvalue weighted by Crippen LogP contribution is 2.28. The lowest BCUT2D eigenvalue weighted by atomic mass is 10.1. The van der Waals surface area contributed by atoms with Gasteiger partial charge in [0, 0.05) is 37.4 Å². The van der Waals surface area contributed by atoms with Crippen molar-refractivity contribution in [3.05, 3.63) is 65.7 Å². The number of carbonyl (C=O) groups is 1. The van der Waals surface area contributed by atoms with Gasteiger partial charge in [0.15, 0.2) is 5.69 Å². The molecular formula is C19H17F3N6O2. The maximum absolute atomic E-state index is 12.6. The van der Waals surface area contributed by atoms with Crippen LogP contribution < -0.4 is 10.6 Å². The summed E-state index contributed by atoms with van der Waals surface area (Å²) in [5.74, 6) is -0.545. The quantitative estimate of drug-likeness (QED) is 0.677. The number of alkyl halides is 3. The van der Waals surface area contributed by atoms with Crippen LogP contribution in [0.15, 0.2) is 48.9 Å². The molecule has 2 aromatic heterocycles. The number of aromatic nitrogens is 4. The van der Waals surface area contributed by atoms with Crippen LogP contribution in [0.3, 0.4) is 0 Å². The first-order valence-electron chi connectivity index (χ1n) is 9.09. The van der Waals surface area contributed by atoms with Crippen molar-refractivity contribution in [3.63, 3.8) is 0 Å². The normalized spacial score (nSPS) is 17.0. The Morgan fingerprint density at radius 1 is 1.17 bits per heavy atom. The molecule has 2 N–H and O–H groups in total. The fourth-order valence-corrected chi connectivity index (χ4v) is 2.90. The molecule has 1 atom stereocenters. The number of carbonyl (C=O) groups excluding carboxylic acids is 1. The van der Waals surface area contributed by atoms with Gasteiger partial charge < -0.3 is 15.4 Å². The number of benzene rings is 1. The van der Waals surface area contributed by atoms with Gasteiger partial charge in [0.25, 0.3) is 5.91 Å². The molecular weight excluding hydrogens is 401 g/mol. The molecule has 1 aliphatic rings. The van der Waals surface area contributed by atoms with Crippen molar-refractivity contribution in [2.24, 2.45) is 0 Å². The van der Waals surface area contributed by atoms with Crippen molar-refractivity contribution in [2.75, 3.05) is 25.0 Å². The topological polar surface area (TPSA) is 94.0 Å². The number of halogens is 3. The van der Waals surface area contributed by atoms with Gasteiger partial charge in [0.2, 0.25) is 5.95 Å². The predicted molar refractivity (Wildman–Crippen MR) is 100 cm³/mol. The maximum Gasteiger partial charge on any atom is 0.419 e. The fourth-order valence-electron chi connectivity index (χ4n) is 2.90. The van der Waals surface area contributed by atoms with Crippen LogP contribution in [0, 0.1) is 0 Å². The Hall–Kier alpha value is -3.31. The van der Waals surface area contributed by atoms with Crippen LogP contribution >= 0.6 is 0 Å². The number of anilines is 1. The molecule has 3 aromatic rings. The Labute approximate surface area is 169 Å². The highest BCUT2D eigenvalue weighted by atomic mass is 19.4. The van der Waals surface area contributed by atoms with Gasteiger partial charge in [-0.1, -0.05) is 12.1 Å². The minimum Gasteiger partial charge on any atom is -0.371 e. The molecule has 30 heavy (non-hydrogen) atoms. The summed E-state index contributed by atoms with van der Waals surface area (Å²) in [6.45, 7) is 2.21. The van der Waals surface area contributed by atoms with Gasteiger partial charge in [-0.2, -0.15) is 18.3 Å². The monoisotopic (exact) mass is 418 g/mol. The second-order valence-electron chi connectivity index (χ2n) is 6.55. The van der Waals surface area contributed by atoms with Crippen LogP contribution in [0.2, 0.25) is 0 Å². The van der Waals surface area contributed by atoms with Gasteiger partial charge in [0.05, 0.1) is 18.3 Å². The highest BCUT2D eigenvalue weighted by molar-refractivity contribution is 6.02. The molecule has 11 heteroatoms. The molecule has 1 aromatic carbocycles. The SMILES string of the molecule is O=C(Nc1ccc([C@H]2CNCCO2)cc1)c1ccn(-c2ncc(C(F)(F)F)cn2)n1. The van der Waals surface area contributed by atoms with E-state index in [1.165, 1.54) is 12.3 Å². The van der Waals surface area contributed by atoms with E-state index in [1.54, 1.807) is 12.1 Å². The second-order valence-corrected chi connectivity index (χ2v) is 6.55. The van der Waals surface area contributed by atoms with E-state index in [4.69, 9.17) is 4.74 Å². The molecule has 1 fully saturated rings. The first kappa shape index (κ1) is 20.0. The van der Waals surface area contributed by atoms with Crippen LogP contribution in [0.25, 0.3) is 5.95 Å². The van der Waals surface area contributed by atoms with Crippen molar-refractivity contribution in [3.8, 4) is 5.95 Å². The van der Waals surface area contributed by atoms with Crippen molar-refractivity contribution in [1.82, 2.24) is 25.1 Å². The van der Waals surface area contributed by atoms with Crippen LogP contribution in [0.1, 0.15) is 27.7 Å². The van der Waals surface area contributed by atoms with Crippen LogP contribution in [0.4, 0.5) is 18.9 Å². The van der Waals surface area contributed by atoms with Crippen molar-refractivity contribution in [1.29, 1.82) is 0 Å². The van der Waals surface area contributed by atoms with Gasteiger partial charge >= 0.3 is 6.18 Å². The molecule has 3 heterocycles. The minimum atomic E-state index is -4.52. The number of hydrogen-bond acceptors (Lipinski definition) is 6. The number of ether oxygens (including phenoxy) is 1. The molecule has 0 aliphatic carbocycles. The number of hydrogen-bond donors (Lipinski definition) is 2. The van der Waals surface area contributed by atoms with Gasteiger partial charge in [0.1, 0.15) is 0 Å². The van der Waals surface area contributed by atoms with Crippen LogP contribution in [-0.4, -0.2) is 45.4 Å². The zero-order valence-electron chi connectivity index (χ0n) is 15.6. The Morgan fingerprint density at radius 2 is 1.90 bits per heavy atom. The van der Waals surface area contributed by atoms with Gasteiger partial charge in [-0.25, -0.2) is 14.6 Å². The Kier molecular flexibility index (Phi) is 5.46. The summed E-state index contributed by atoms with van der Waals surface area (Å²) in [7, 11) is 0. The molecule has 1 aliphatic heterocycles. The minimum absolute atomic E-state index is 0.0251. The molecule has 0 saturated carbocycles. The molecule has 0 spiro atoms. The summed E-state index contributed by atoms with van der Waals surface area (Å²) < 4.78 is 44.6. The molecule has 1 amide bonds. The molecule has 0 radical (unpaired) electrons. The smallest absolute Gasteiger partial charge is 0.371 e. The van der Waals surface area contributed by atoms with E-state index in [9.17, 15) is 18.0 Å². The number of nitrogens with one attached hydrogen (secondary N) is 2. The zero-order valence-corrected chi connectivity index (χ0v) is 15.6. The van der Waals surface area contributed by atoms with E-state index >= 15 is 0 Å². The van der Waals surface area contributed by atoms with E-state index in [-0.39, 0.29) is 17.7 Å². The van der Waals surface area contributed by atoms with Gasteiger partial charge in [-0.05, 0) is 23.8 Å². The van der Waals surface area contributed by atoms with Crippen LogP contribution in [-0.2, 0) is 10.9 Å². The van der Waals surface area contributed by atoms with E-state index in [0.717, 1.165) is 23.3 Å². The predicted octanol–water partition coefficient (Wildman–Crippen LogP) is 2.59. The summed E-state index contributed by atoms with van der Waals surface area (Å²) in [4.78, 5) is 19.7. The molecule has 0 bridgehead atoms. The van der Waals surface area contributed by atoms with Crippen molar-refractivity contribution >= 4 is 11.6 Å². The lowest BCUT2D eigenvalue weighted by molar-refractivity contribution is -0.138. The number of rotatable bonds is 4. The van der Waals surface area contributed by atoms with E-state index < -0.39 is 17.6 Å². The first-order chi connectivity index (χ1) is 14.4. The summed E-state index contributed by atoms with van der Waals surface area (Å²) in [6, 6.07) is 8.71. The summed E-state index contributed by atoms with van der Waals surface area (Å²) in [5.41, 5.74) is 0.688. The van der Waals surface area contributed by atoms with E-state index in [0.29, 0.717) is 24.7 Å². The summed E-state index contributed by atoms with van der Waals surface area (Å²) in [5, 5.41) is 10.0. The Balaban J connectivity index is 1.41. The lowest BCUT2D eigenvalue weighted by Gasteiger charge is -2.24. The Morgan fingerprint density at radius 3 is 2.53 bits per heavy atom. The first-order valence-corrected chi connectivity index (χ1v) is 9.09. The third-order valence-electron chi connectivity index (χ3n) is 4.46. The third-order valence-corrected chi connectivity index (χ3v) is 4.46. The fraction of sp³-hybridized carbons (Fsp3) is 0.263. The van der Waals surface area contributed by atoms with Gasteiger partial charge in [-0.15, -0.1) is 0 Å². The number of amides is 1. The lowest BCUT2D eigenvalue weighted by Crippen LogP contribution is -2.33. The summed E-state index contributed by atoms with van der Waals surface area (Å²) >= 11 is 0. The number of nitrogens with zero attached hydrogens (tertiary/aromatic N) is 4. The highest BCUT2D eigenvalue weighted by Gasteiger charge is 2.31. The zero-order chi connectivity index (χ0) is 21.1. The molecule has 1 saturated heterocycles. The molecule has 0 unspecified atom stereocenters. The standard InChI is InChI=1S/C19H17F3N6O2/c20-19(21,22)13-9-24-18(25-10-13)28-7-5-15(27-28)17(29)26-14-3-1-12(2-4-14)16-11-23-6-8-30-16/h1-5,7,9-10,16,23H,6,8,11H2,(H,26,29)/t16-/m1/s1. The van der Waals surface area contributed by atoms with E-state index in [1.807, 2.05) is 12.1 Å². The summed E-state index contributed by atoms with van der Waals surface area (Å²) in [6.07, 6.45) is -1.83. The Bertz CT molecular complexity index is 1010. The average Bonchev–Trinajstić information content (AvgIpc) is 3.25. The van der Waals surface area contributed by atoms with Gasteiger partial charge in [-0.3, -0.25) is 4.79 Å². The molecule has 8 nitrogen and oxygen atoms in total. The second kappa shape index (κ2) is 8.20. The van der Waals surface area contributed by atoms with E-state index in [2.05, 4.69) is 25.7 Å². The third kappa shape index (κ3) is 4.47. The van der Waals surface area contributed by atoms with Crippen molar-refractivity contribution < 1.29 is 22.7 Å². The largest absolute Gasteiger partial charge is 0.419 e. The number of morpholine rings is 1. The van der Waals surface area contributed by atoms with Crippen molar-refractivity contribution in [2.45, 2.75) is 12.3 Å². The van der Waals surface area contributed by atoms with Crippen LogP contribution in [0.5, 0.6) is 0 Å². The maximum atomic E-state index is 12.6. The average molecular weight is 418 g/mol. The molecule has 156 valence electrons.